The average Bonchev–Trinajstić information content (AvgIpc) is 3.16. The van der Waals surface area contributed by atoms with Crippen molar-refractivity contribution in [1.82, 2.24) is 15.5 Å². The molecule has 6 nitrogen and oxygen atoms in total. The standard InChI is InChI=1S/C27H43N3O3S/c1-5-28-25(34)30(16-7-17-33-6-2)24(32)21-10-9-19-18-8-11-22-27(4,15-13-23(31)29-22)20(18)12-14-26(19,21)3/h13,15,18-22H,5-12,14,16-17H2,1-4H3,(H,28,34)(H,29,31)/t18-,19-,20-,21+,22+,26-,27+/m0/s1. The zero-order chi connectivity index (χ0) is 24.5. The van der Waals surface area contributed by atoms with E-state index in [1.165, 1.54) is 0 Å². The molecule has 0 saturated heterocycles. The van der Waals surface area contributed by atoms with Crippen LogP contribution in [0.4, 0.5) is 0 Å². The zero-order valence-corrected chi connectivity index (χ0v) is 22.2. The van der Waals surface area contributed by atoms with Gasteiger partial charge in [-0.1, -0.05) is 19.9 Å². The number of nitrogens with one attached hydrogen (secondary N) is 2. The van der Waals surface area contributed by atoms with Crippen molar-refractivity contribution in [1.29, 1.82) is 0 Å². The number of fused-ring (bicyclic) bond motifs is 5. The summed E-state index contributed by atoms with van der Waals surface area (Å²) in [7, 11) is 0. The Bertz CT molecular complexity index is 832. The molecule has 0 unspecified atom stereocenters. The molecule has 0 radical (unpaired) electrons. The Morgan fingerprint density at radius 1 is 1.21 bits per heavy atom. The van der Waals surface area contributed by atoms with Gasteiger partial charge in [0.2, 0.25) is 11.8 Å². The van der Waals surface area contributed by atoms with E-state index in [9.17, 15) is 9.59 Å². The van der Waals surface area contributed by atoms with Crippen molar-refractivity contribution in [3.8, 4) is 0 Å². The van der Waals surface area contributed by atoms with Crippen LogP contribution < -0.4 is 10.6 Å². The first-order valence-corrected chi connectivity index (χ1v) is 13.8. The van der Waals surface area contributed by atoms with Crippen LogP contribution in [0.2, 0.25) is 0 Å². The van der Waals surface area contributed by atoms with Gasteiger partial charge in [0.15, 0.2) is 5.11 Å². The summed E-state index contributed by atoms with van der Waals surface area (Å²) < 4.78 is 5.52. The number of hydrogen-bond donors (Lipinski definition) is 2. The summed E-state index contributed by atoms with van der Waals surface area (Å²) in [6, 6.07) is 0.243. The first-order valence-electron chi connectivity index (χ1n) is 13.4. The van der Waals surface area contributed by atoms with E-state index < -0.39 is 0 Å². The fraction of sp³-hybridized carbons (Fsp3) is 0.815. The summed E-state index contributed by atoms with van der Waals surface area (Å²) >= 11 is 5.64. The summed E-state index contributed by atoms with van der Waals surface area (Å²) in [6.07, 6.45) is 11.2. The molecule has 3 saturated carbocycles. The molecule has 4 rings (SSSR count). The Balaban J connectivity index is 1.52. The number of carbonyl (C=O) groups excluding carboxylic acids is 2. The van der Waals surface area contributed by atoms with Gasteiger partial charge >= 0.3 is 0 Å². The van der Waals surface area contributed by atoms with E-state index in [2.05, 4.69) is 30.6 Å². The van der Waals surface area contributed by atoms with Crippen LogP contribution in [-0.4, -0.2) is 54.2 Å². The van der Waals surface area contributed by atoms with Crippen molar-refractivity contribution in [2.75, 3.05) is 26.3 Å². The highest BCUT2D eigenvalue weighted by Gasteiger charge is 2.61. The second-order valence-electron chi connectivity index (χ2n) is 11.3. The number of carbonyl (C=O) groups is 2. The normalized spacial score (nSPS) is 38.4. The molecule has 0 aromatic carbocycles. The second kappa shape index (κ2) is 10.3. The highest BCUT2D eigenvalue weighted by molar-refractivity contribution is 7.80. The molecule has 0 aromatic rings. The molecule has 190 valence electrons. The summed E-state index contributed by atoms with van der Waals surface area (Å²) in [5, 5.41) is 7.01. The predicted octanol–water partition coefficient (Wildman–Crippen LogP) is 4.05. The van der Waals surface area contributed by atoms with Gasteiger partial charge < -0.3 is 15.4 Å². The van der Waals surface area contributed by atoms with Crippen molar-refractivity contribution in [3.63, 3.8) is 0 Å². The monoisotopic (exact) mass is 489 g/mol. The lowest BCUT2D eigenvalue weighted by Crippen LogP contribution is -2.59. The van der Waals surface area contributed by atoms with Crippen molar-refractivity contribution in [2.24, 2.45) is 34.5 Å². The summed E-state index contributed by atoms with van der Waals surface area (Å²) in [6.45, 7) is 11.4. The highest BCUT2D eigenvalue weighted by atomic mass is 32.1. The van der Waals surface area contributed by atoms with Gasteiger partial charge in [-0.15, -0.1) is 0 Å². The lowest BCUT2D eigenvalue weighted by atomic mass is 9.48. The minimum absolute atomic E-state index is 0.0169. The molecule has 1 heterocycles. The number of ether oxygens (including phenoxy) is 1. The van der Waals surface area contributed by atoms with Crippen LogP contribution in [0.25, 0.3) is 0 Å². The summed E-state index contributed by atoms with van der Waals surface area (Å²) in [5.74, 6) is 2.02. The third-order valence-corrected chi connectivity index (χ3v) is 10.1. The summed E-state index contributed by atoms with van der Waals surface area (Å²) in [4.78, 5) is 27.8. The minimum Gasteiger partial charge on any atom is -0.382 e. The van der Waals surface area contributed by atoms with E-state index >= 15 is 0 Å². The van der Waals surface area contributed by atoms with E-state index in [-0.39, 0.29) is 34.6 Å². The van der Waals surface area contributed by atoms with Gasteiger partial charge in [-0.25, -0.2) is 0 Å². The second-order valence-corrected chi connectivity index (χ2v) is 11.7. The van der Waals surface area contributed by atoms with Crippen LogP contribution >= 0.6 is 12.2 Å². The van der Waals surface area contributed by atoms with Crippen LogP contribution in [-0.2, 0) is 14.3 Å². The molecule has 34 heavy (non-hydrogen) atoms. The molecule has 3 fully saturated rings. The molecule has 0 aromatic heterocycles. The summed E-state index contributed by atoms with van der Waals surface area (Å²) in [5.41, 5.74) is 0.0429. The van der Waals surface area contributed by atoms with Crippen molar-refractivity contribution >= 4 is 29.1 Å². The lowest BCUT2D eigenvalue weighted by Gasteiger charge is -2.58. The lowest BCUT2D eigenvalue weighted by molar-refractivity contribution is -0.140. The Morgan fingerprint density at radius 2 is 2.00 bits per heavy atom. The predicted molar refractivity (Wildman–Crippen MR) is 138 cm³/mol. The van der Waals surface area contributed by atoms with Crippen LogP contribution in [0.5, 0.6) is 0 Å². The van der Waals surface area contributed by atoms with E-state index in [0.29, 0.717) is 49.2 Å². The van der Waals surface area contributed by atoms with Gasteiger partial charge in [0.05, 0.1) is 0 Å². The molecule has 1 aliphatic heterocycles. The Hall–Kier alpha value is -1.47. The Labute approximate surface area is 210 Å². The van der Waals surface area contributed by atoms with Gasteiger partial charge in [0, 0.05) is 43.7 Å². The molecule has 7 atom stereocenters. The third-order valence-electron chi connectivity index (χ3n) is 9.70. The average molecular weight is 490 g/mol. The number of thiocarbonyl (C=S) groups is 1. The third kappa shape index (κ3) is 4.43. The minimum atomic E-state index is 0.0169. The fourth-order valence-corrected chi connectivity index (χ4v) is 8.28. The maximum absolute atomic E-state index is 14.0. The maximum atomic E-state index is 14.0. The van der Waals surface area contributed by atoms with Gasteiger partial charge in [-0.3, -0.25) is 14.5 Å². The largest absolute Gasteiger partial charge is 0.382 e. The molecule has 2 amide bonds. The van der Waals surface area contributed by atoms with Crippen LogP contribution in [0.15, 0.2) is 12.2 Å². The van der Waals surface area contributed by atoms with E-state index in [1.807, 2.05) is 18.7 Å². The van der Waals surface area contributed by atoms with Crippen LogP contribution in [0.3, 0.4) is 0 Å². The smallest absolute Gasteiger partial charge is 0.243 e. The highest BCUT2D eigenvalue weighted by Crippen LogP contribution is 2.65. The molecule has 2 N–H and O–H groups in total. The van der Waals surface area contributed by atoms with Crippen molar-refractivity contribution in [3.05, 3.63) is 12.2 Å². The first kappa shape index (κ1) is 25.6. The molecule has 0 spiro atoms. The molecular weight excluding hydrogens is 446 g/mol. The molecule has 7 heteroatoms. The van der Waals surface area contributed by atoms with Crippen LogP contribution in [0, 0.1) is 34.5 Å². The SMILES string of the molecule is CCNC(=S)N(CCCOCC)C(=O)[C@H]1CC[C@H]2[C@@H]3CC[C@H]4NC(=O)C=C[C@]4(C)[C@H]3CC[C@]12C. The molecule has 4 aliphatic rings. The Kier molecular flexibility index (Phi) is 7.73. The van der Waals surface area contributed by atoms with Gasteiger partial charge in [-0.05, 0) is 100 Å². The van der Waals surface area contributed by atoms with Crippen LogP contribution in [0.1, 0.15) is 72.6 Å². The van der Waals surface area contributed by atoms with E-state index in [4.69, 9.17) is 17.0 Å². The van der Waals surface area contributed by atoms with E-state index in [1.54, 1.807) is 6.08 Å². The fourth-order valence-electron chi connectivity index (χ4n) is 7.95. The molecular formula is C27H43N3O3S. The topological polar surface area (TPSA) is 70.7 Å². The Morgan fingerprint density at radius 3 is 2.74 bits per heavy atom. The van der Waals surface area contributed by atoms with Gasteiger partial charge in [-0.2, -0.15) is 0 Å². The maximum Gasteiger partial charge on any atom is 0.243 e. The molecule has 3 aliphatic carbocycles. The number of rotatable bonds is 7. The van der Waals surface area contributed by atoms with Gasteiger partial charge in [0.25, 0.3) is 0 Å². The molecule has 0 bridgehead atoms. The number of nitrogens with zero attached hydrogens (tertiary/aromatic N) is 1. The zero-order valence-electron chi connectivity index (χ0n) is 21.4. The van der Waals surface area contributed by atoms with Crippen molar-refractivity contribution in [2.45, 2.75) is 78.7 Å². The number of hydrogen-bond acceptors (Lipinski definition) is 4. The van der Waals surface area contributed by atoms with Crippen molar-refractivity contribution < 1.29 is 14.3 Å². The quantitative estimate of drug-likeness (QED) is 0.417. The number of amides is 2. The van der Waals surface area contributed by atoms with Gasteiger partial charge in [0.1, 0.15) is 0 Å². The first-order chi connectivity index (χ1) is 16.3. The van der Waals surface area contributed by atoms with E-state index in [0.717, 1.165) is 44.9 Å².